The van der Waals surface area contributed by atoms with Gasteiger partial charge in [0, 0.05) is 17.0 Å². The van der Waals surface area contributed by atoms with E-state index in [0.717, 1.165) is 23.5 Å². The van der Waals surface area contributed by atoms with Crippen LogP contribution in [0.4, 0.5) is 18.7 Å². The summed E-state index contributed by atoms with van der Waals surface area (Å²) in [5, 5.41) is 4.08. The van der Waals surface area contributed by atoms with Crippen LogP contribution in [-0.4, -0.2) is 11.0 Å². The molecule has 0 fully saturated rings. The van der Waals surface area contributed by atoms with E-state index in [-0.39, 0.29) is 10.7 Å². The van der Waals surface area contributed by atoms with E-state index >= 15 is 0 Å². The first-order valence-corrected chi connectivity index (χ1v) is 5.41. The number of benzene rings is 1. The molecule has 2 amide bonds. The lowest BCUT2D eigenvalue weighted by Gasteiger charge is -1.99. The lowest BCUT2D eigenvalue weighted by Crippen LogP contribution is -2.18. The summed E-state index contributed by atoms with van der Waals surface area (Å²) in [5.41, 5.74) is 5.40. The van der Waals surface area contributed by atoms with E-state index in [4.69, 9.17) is 5.73 Å². The van der Waals surface area contributed by atoms with Gasteiger partial charge in [-0.2, -0.15) is 0 Å². The summed E-state index contributed by atoms with van der Waals surface area (Å²) >= 11 is 1.10. The number of nitrogens with zero attached hydrogens (tertiary/aromatic N) is 1. The first-order chi connectivity index (χ1) is 8.06. The average Bonchev–Trinajstić information content (AvgIpc) is 2.65. The molecule has 0 atom stereocenters. The third-order valence-electron chi connectivity index (χ3n) is 1.94. The highest BCUT2D eigenvalue weighted by molar-refractivity contribution is 7.14. The van der Waals surface area contributed by atoms with Crippen molar-refractivity contribution in [1.82, 2.24) is 4.98 Å². The predicted octanol–water partition coefficient (Wildman–Crippen LogP) is 2.58. The van der Waals surface area contributed by atoms with Crippen molar-refractivity contribution >= 4 is 22.5 Å². The van der Waals surface area contributed by atoms with E-state index in [2.05, 4.69) is 10.3 Å². The van der Waals surface area contributed by atoms with Crippen LogP contribution in [0.5, 0.6) is 0 Å². The predicted molar refractivity (Wildman–Crippen MR) is 60.7 cm³/mol. The molecule has 0 spiro atoms. The fourth-order valence-corrected chi connectivity index (χ4v) is 1.97. The molecule has 1 heterocycles. The molecule has 0 saturated carbocycles. The normalized spacial score (nSPS) is 10.2. The molecule has 4 nitrogen and oxygen atoms in total. The number of amides is 2. The number of carbonyl (C=O) groups is 1. The SMILES string of the molecule is NC(=O)Nc1nc(-c2ccc(F)cc2F)cs1. The smallest absolute Gasteiger partial charge is 0.318 e. The Morgan fingerprint density at radius 2 is 2.18 bits per heavy atom. The Kier molecular flexibility index (Phi) is 3.01. The molecule has 3 N–H and O–H groups in total. The minimum absolute atomic E-state index is 0.167. The molecule has 0 bridgehead atoms. The number of anilines is 1. The number of aromatic nitrogens is 1. The summed E-state index contributed by atoms with van der Waals surface area (Å²) in [7, 11) is 0. The third-order valence-corrected chi connectivity index (χ3v) is 2.70. The highest BCUT2D eigenvalue weighted by Gasteiger charge is 2.10. The average molecular weight is 255 g/mol. The fraction of sp³-hybridized carbons (Fsp3) is 0. The summed E-state index contributed by atoms with van der Waals surface area (Å²) in [6.07, 6.45) is 0. The largest absolute Gasteiger partial charge is 0.351 e. The standard InChI is InChI=1S/C10H7F2N3OS/c11-5-1-2-6(7(12)3-5)8-4-17-10(14-8)15-9(13)16/h1-4H,(H3,13,14,15,16). The van der Waals surface area contributed by atoms with Crippen LogP contribution >= 0.6 is 11.3 Å². The maximum absolute atomic E-state index is 13.4. The van der Waals surface area contributed by atoms with Gasteiger partial charge < -0.3 is 5.73 Å². The van der Waals surface area contributed by atoms with Crippen molar-refractivity contribution in [3.63, 3.8) is 0 Å². The maximum atomic E-state index is 13.4. The number of urea groups is 1. The maximum Gasteiger partial charge on any atom is 0.318 e. The number of hydrogen-bond acceptors (Lipinski definition) is 3. The van der Waals surface area contributed by atoms with Crippen molar-refractivity contribution in [2.24, 2.45) is 5.73 Å². The van der Waals surface area contributed by atoms with E-state index in [1.807, 2.05) is 0 Å². The fourth-order valence-electron chi connectivity index (χ4n) is 1.26. The summed E-state index contributed by atoms with van der Waals surface area (Å²) < 4.78 is 26.1. The molecule has 2 aromatic rings. The molecule has 0 unspecified atom stereocenters. The zero-order valence-corrected chi connectivity index (χ0v) is 9.22. The second-order valence-electron chi connectivity index (χ2n) is 3.15. The first-order valence-electron chi connectivity index (χ1n) is 4.53. The van der Waals surface area contributed by atoms with Crippen LogP contribution in [0.2, 0.25) is 0 Å². The van der Waals surface area contributed by atoms with Gasteiger partial charge in [0.2, 0.25) is 0 Å². The minimum Gasteiger partial charge on any atom is -0.351 e. The van der Waals surface area contributed by atoms with Gasteiger partial charge in [-0.15, -0.1) is 11.3 Å². The number of nitrogens with two attached hydrogens (primary N) is 1. The second-order valence-corrected chi connectivity index (χ2v) is 4.01. The molecule has 17 heavy (non-hydrogen) atoms. The molecular weight excluding hydrogens is 248 g/mol. The highest BCUT2D eigenvalue weighted by Crippen LogP contribution is 2.27. The number of thiazole rings is 1. The van der Waals surface area contributed by atoms with Crippen molar-refractivity contribution in [2.75, 3.05) is 5.32 Å². The van der Waals surface area contributed by atoms with Gasteiger partial charge in [-0.25, -0.2) is 18.6 Å². The number of rotatable bonds is 2. The number of nitrogens with one attached hydrogen (secondary N) is 1. The number of hydrogen-bond donors (Lipinski definition) is 2. The van der Waals surface area contributed by atoms with Crippen molar-refractivity contribution in [1.29, 1.82) is 0 Å². The lowest BCUT2D eigenvalue weighted by molar-refractivity contribution is 0.259. The van der Waals surface area contributed by atoms with Gasteiger partial charge in [0.25, 0.3) is 0 Å². The van der Waals surface area contributed by atoms with E-state index < -0.39 is 17.7 Å². The summed E-state index contributed by atoms with van der Waals surface area (Å²) in [6, 6.07) is 2.45. The molecule has 0 aliphatic rings. The zero-order valence-electron chi connectivity index (χ0n) is 8.41. The van der Waals surface area contributed by atoms with Crippen LogP contribution in [-0.2, 0) is 0 Å². The Morgan fingerprint density at radius 3 is 2.82 bits per heavy atom. The van der Waals surface area contributed by atoms with Crippen molar-refractivity contribution in [3.8, 4) is 11.3 Å². The van der Waals surface area contributed by atoms with Crippen LogP contribution in [0.3, 0.4) is 0 Å². The molecule has 2 rings (SSSR count). The Bertz CT molecular complexity index is 570. The van der Waals surface area contributed by atoms with Crippen LogP contribution < -0.4 is 11.1 Å². The third kappa shape index (κ3) is 2.56. The van der Waals surface area contributed by atoms with Crippen molar-refractivity contribution < 1.29 is 13.6 Å². The number of halogens is 2. The summed E-state index contributed by atoms with van der Waals surface area (Å²) in [6.45, 7) is 0. The Labute approximate surface area is 99.1 Å². The van der Waals surface area contributed by atoms with Crippen molar-refractivity contribution in [2.45, 2.75) is 0 Å². The van der Waals surface area contributed by atoms with Crippen LogP contribution in [0, 0.1) is 11.6 Å². The van der Waals surface area contributed by atoms with Gasteiger partial charge in [-0.1, -0.05) is 0 Å². The molecule has 7 heteroatoms. The zero-order chi connectivity index (χ0) is 12.4. The van der Waals surface area contributed by atoms with Crippen LogP contribution in [0.15, 0.2) is 23.6 Å². The molecule has 0 saturated heterocycles. The molecular formula is C10H7F2N3OS. The van der Waals surface area contributed by atoms with Gasteiger partial charge in [0.15, 0.2) is 5.13 Å². The van der Waals surface area contributed by atoms with E-state index in [0.29, 0.717) is 5.69 Å². The highest BCUT2D eigenvalue weighted by atomic mass is 32.1. The van der Waals surface area contributed by atoms with E-state index in [9.17, 15) is 13.6 Å². The molecule has 0 aliphatic heterocycles. The van der Waals surface area contributed by atoms with Gasteiger partial charge >= 0.3 is 6.03 Å². The molecule has 0 aliphatic carbocycles. The van der Waals surface area contributed by atoms with Gasteiger partial charge in [0.1, 0.15) is 11.6 Å². The molecule has 88 valence electrons. The Balaban J connectivity index is 2.33. The summed E-state index contributed by atoms with van der Waals surface area (Å²) in [5.74, 6) is -1.36. The second kappa shape index (κ2) is 4.46. The number of primary amides is 1. The minimum atomic E-state index is -0.745. The van der Waals surface area contributed by atoms with E-state index in [1.54, 1.807) is 5.38 Å². The van der Waals surface area contributed by atoms with Crippen LogP contribution in [0.25, 0.3) is 11.3 Å². The first kappa shape index (κ1) is 11.5. The number of carbonyl (C=O) groups excluding carboxylic acids is 1. The van der Waals surface area contributed by atoms with Gasteiger partial charge in [-0.3, -0.25) is 5.32 Å². The van der Waals surface area contributed by atoms with Crippen molar-refractivity contribution in [3.05, 3.63) is 35.2 Å². The lowest BCUT2D eigenvalue weighted by atomic mass is 10.1. The topological polar surface area (TPSA) is 68.0 Å². The van der Waals surface area contributed by atoms with Gasteiger partial charge in [0.05, 0.1) is 5.69 Å². The molecule has 0 radical (unpaired) electrons. The Hall–Kier alpha value is -2.02. The van der Waals surface area contributed by atoms with Gasteiger partial charge in [-0.05, 0) is 12.1 Å². The molecule has 1 aromatic carbocycles. The monoisotopic (exact) mass is 255 g/mol. The Morgan fingerprint density at radius 1 is 1.41 bits per heavy atom. The van der Waals surface area contributed by atoms with E-state index in [1.165, 1.54) is 6.07 Å². The quantitative estimate of drug-likeness (QED) is 0.866. The summed E-state index contributed by atoms with van der Waals surface area (Å²) in [4.78, 5) is 14.5. The van der Waals surface area contributed by atoms with Crippen LogP contribution in [0.1, 0.15) is 0 Å². The molecule has 1 aromatic heterocycles.